The number of benzene rings is 1. The van der Waals surface area contributed by atoms with Gasteiger partial charge in [0.05, 0.1) is 6.57 Å². The summed E-state index contributed by atoms with van der Waals surface area (Å²) in [4.78, 5) is 3.69. The minimum absolute atomic E-state index is 0.608. The van der Waals surface area contributed by atoms with Gasteiger partial charge in [-0.1, -0.05) is 68.8 Å². The normalized spacial score (nSPS) is 10.8. The van der Waals surface area contributed by atoms with Crippen LogP contribution in [0.5, 0.6) is 0 Å². The van der Waals surface area contributed by atoms with E-state index in [9.17, 15) is 0 Å². The maximum absolute atomic E-state index is 7.48. The second-order valence-corrected chi connectivity index (χ2v) is 16.8. The van der Waals surface area contributed by atoms with Crippen LogP contribution < -0.4 is 0 Å². The van der Waals surface area contributed by atoms with Crippen LogP contribution in [0.3, 0.4) is 0 Å². The Hall–Kier alpha value is -1.74. The Kier molecular flexibility index (Phi) is 5.24. The molecule has 0 amide bonds. The van der Waals surface area contributed by atoms with Crippen molar-refractivity contribution in [1.29, 1.82) is 0 Å². The van der Waals surface area contributed by atoms with Crippen LogP contribution in [0.25, 0.3) is 4.85 Å². The highest BCUT2D eigenvalue weighted by atomic mass is 28.3. The fourth-order valence-electron chi connectivity index (χ4n) is 1.60. The van der Waals surface area contributed by atoms with Crippen LogP contribution in [0.1, 0.15) is 16.7 Å². The van der Waals surface area contributed by atoms with Gasteiger partial charge in [0.15, 0.2) is 0 Å². The molecule has 1 nitrogen and oxygen atoms in total. The lowest BCUT2D eigenvalue weighted by molar-refractivity contribution is 1.44. The second-order valence-electron chi connectivity index (χ2n) is 7.32. The van der Waals surface area contributed by atoms with Gasteiger partial charge in [0.2, 0.25) is 5.69 Å². The molecule has 0 aromatic heterocycles. The van der Waals surface area contributed by atoms with Gasteiger partial charge in [-0.25, -0.2) is 4.85 Å². The van der Waals surface area contributed by atoms with Crippen molar-refractivity contribution in [3.05, 3.63) is 40.2 Å². The molecule has 0 atom stereocenters. The lowest BCUT2D eigenvalue weighted by Crippen LogP contribution is -2.16. The van der Waals surface area contributed by atoms with Crippen LogP contribution in [0, 0.1) is 36.4 Å². The van der Waals surface area contributed by atoms with Gasteiger partial charge in [-0.15, -0.1) is 11.1 Å². The van der Waals surface area contributed by atoms with Crippen LogP contribution in [0.4, 0.5) is 5.69 Å². The van der Waals surface area contributed by atoms with Gasteiger partial charge in [0.1, 0.15) is 16.1 Å². The average molecular weight is 310 g/mol. The van der Waals surface area contributed by atoms with Crippen molar-refractivity contribution in [2.45, 2.75) is 46.2 Å². The minimum Gasteiger partial charge on any atom is -0.236 e. The first kappa shape index (κ1) is 17.3. The Morgan fingerprint density at radius 3 is 1.52 bits per heavy atom. The predicted molar refractivity (Wildman–Crippen MR) is 97.9 cm³/mol. The molecule has 0 aliphatic carbocycles. The van der Waals surface area contributed by atoms with Crippen LogP contribution in [0.15, 0.2) is 12.1 Å². The Labute approximate surface area is 131 Å². The molecule has 1 rings (SSSR count). The van der Waals surface area contributed by atoms with E-state index in [-0.39, 0.29) is 0 Å². The van der Waals surface area contributed by atoms with Crippen molar-refractivity contribution in [1.82, 2.24) is 0 Å². The lowest BCUT2D eigenvalue weighted by atomic mass is 10.0. The smallest absolute Gasteiger partial charge is 0.217 e. The molecule has 0 bridgehead atoms. The molecular formula is C18H23NSi2. The van der Waals surface area contributed by atoms with Gasteiger partial charge in [-0.3, -0.25) is 0 Å². The van der Waals surface area contributed by atoms with Crippen LogP contribution in [-0.2, 0) is 0 Å². The maximum Gasteiger partial charge on any atom is 0.217 e. The third-order valence-electron chi connectivity index (χ3n) is 2.51. The first-order valence-corrected chi connectivity index (χ1v) is 14.1. The number of hydrogen-bond donors (Lipinski definition) is 0. The van der Waals surface area contributed by atoms with Gasteiger partial charge in [0, 0.05) is 11.1 Å². The Morgan fingerprint density at radius 1 is 0.857 bits per heavy atom. The third-order valence-corrected chi connectivity index (χ3v) is 4.26. The largest absolute Gasteiger partial charge is 0.236 e. The van der Waals surface area contributed by atoms with E-state index in [4.69, 9.17) is 6.57 Å². The topological polar surface area (TPSA) is 4.36 Å². The summed E-state index contributed by atoms with van der Waals surface area (Å²) in [5.41, 5.74) is 10.1. The predicted octanol–water partition coefficient (Wildman–Crippen LogP) is 5.00. The van der Waals surface area contributed by atoms with Crippen molar-refractivity contribution in [3.8, 4) is 22.9 Å². The molecule has 0 unspecified atom stereocenters. The van der Waals surface area contributed by atoms with Crippen molar-refractivity contribution >= 4 is 21.8 Å². The first-order chi connectivity index (χ1) is 9.52. The zero-order chi connectivity index (χ0) is 16.3. The van der Waals surface area contributed by atoms with Crippen LogP contribution >= 0.6 is 0 Å². The van der Waals surface area contributed by atoms with Gasteiger partial charge in [-0.2, -0.15) is 0 Å². The van der Waals surface area contributed by atoms with E-state index in [0.29, 0.717) is 5.69 Å². The first-order valence-electron chi connectivity index (χ1n) is 7.10. The zero-order valence-corrected chi connectivity index (χ0v) is 16.1. The monoisotopic (exact) mass is 309 g/mol. The molecule has 0 N–H and O–H groups in total. The molecule has 0 radical (unpaired) electrons. The molecule has 0 saturated heterocycles. The number of hydrogen-bond acceptors (Lipinski definition) is 0. The molecule has 0 heterocycles. The minimum atomic E-state index is -1.45. The van der Waals surface area contributed by atoms with Gasteiger partial charge in [0.25, 0.3) is 0 Å². The van der Waals surface area contributed by atoms with E-state index in [2.05, 4.69) is 67.1 Å². The van der Waals surface area contributed by atoms with Crippen LogP contribution in [-0.4, -0.2) is 16.1 Å². The fourth-order valence-corrected chi connectivity index (χ4v) is 2.62. The molecule has 0 spiro atoms. The Bertz CT molecular complexity index is 650. The number of rotatable bonds is 0. The molecular weight excluding hydrogens is 286 g/mol. The van der Waals surface area contributed by atoms with Crippen molar-refractivity contribution < 1.29 is 0 Å². The van der Waals surface area contributed by atoms with E-state index >= 15 is 0 Å². The molecule has 1 aromatic carbocycles. The molecule has 108 valence electrons. The Morgan fingerprint density at radius 2 is 1.24 bits per heavy atom. The summed E-state index contributed by atoms with van der Waals surface area (Å²) in [7, 11) is -2.90. The maximum atomic E-state index is 7.48. The third kappa shape index (κ3) is 6.05. The SMILES string of the molecule is [C-]#[N+]c1c(C#C[Si](C)(C)C)cc(C)cc1C#C[Si](C)(C)C. The summed E-state index contributed by atoms with van der Waals surface area (Å²) < 4.78 is 0. The molecule has 0 fully saturated rings. The van der Waals surface area contributed by atoms with Gasteiger partial charge < -0.3 is 0 Å². The summed E-state index contributed by atoms with van der Waals surface area (Å²) in [5.74, 6) is 6.45. The highest BCUT2D eigenvalue weighted by Gasteiger charge is 2.12. The quantitative estimate of drug-likeness (QED) is 0.361. The number of aryl methyl sites for hydroxylation is 1. The summed E-state index contributed by atoms with van der Waals surface area (Å²) in [6, 6.07) is 4.00. The van der Waals surface area contributed by atoms with E-state index < -0.39 is 16.1 Å². The fraction of sp³-hybridized carbons (Fsp3) is 0.389. The molecule has 3 heteroatoms. The van der Waals surface area contributed by atoms with Crippen molar-refractivity contribution in [3.63, 3.8) is 0 Å². The van der Waals surface area contributed by atoms with Crippen LogP contribution in [0.2, 0.25) is 39.3 Å². The van der Waals surface area contributed by atoms with Gasteiger partial charge >= 0.3 is 0 Å². The van der Waals surface area contributed by atoms with E-state index in [1.165, 1.54) is 0 Å². The summed E-state index contributed by atoms with van der Waals surface area (Å²) in [6.07, 6.45) is 0. The summed E-state index contributed by atoms with van der Waals surface area (Å²) >= 11 is 0. The number of nitrogens with zero attached hydrogens (tertiary/aromatic N) is 1. The van der Waals surface area contributed by atoms with Crippen molar-refractivity contribution in [2.75, 3.05) is 0 Å². The zero-order valence-electron chi connectivity index (χ0n) is 14.1. The van der Waals surface area contributed by atoms with Gasteiger partial charge in [-0.05, 0) is 6.92 Å². The Balaban J connectivity index is 3.47. The molecule has 0 aliphatic rings. The average Bonchev–Trinajstić information content (AvgIpc) is 2.31. The van der Waals surface area contributed by atoms with E-state index in [1.807, 2.05) is 19.1 Å². The molecule has 0 saturated carbocycles. The standard InChI is InChI=1S/C18H23NSi2/c1-15-13-16(9-11-20(3,4)5)18(19-2)17(14-15)10-12-21(6,7)8/h13-14H,1,3-8H3. The summed E-state index contributed by atoms with van der Waals surface area (Å²) in [6.45, 7) is 22.8. The van der Waals surface area contributed by atoms with E-state index in [1.54, 1.807) is 0 Å². The molecule has 21 heavy (non-hydrogen) atoms. The molecule has 0 aliphatic heterocycles. The van der Waals surface area contributed by atoms with Crippen molar-refractivity contribution in [2.24, 2.45) is 0 Å². The molecule has 1 aromatic rings. The lowest BCUT2D eigenvalue weighted by Gasteiger charge is -2.07. The highest BCUT2D eigenvalue weighted by Crippen LogP contribution is 2.25. The second kappa shape index (κ2) is 6.36. The summed E-state index contributed by atoms with van der Waals surface area (Å²) in [5, 5.41) is 0. The van der Waals surface area contributed by atoms with E-state index in [0.717, 1.165) is 16.7 Å². The highest BCUT2D eigenvalue weighted by molar-refractivity contribution is 6.84.